The van der Waals surface area contributed by atoms with Gasteiger partial charge in [-0.15, -0.1) is 0 Å². The van der Waals surface area contributed by atoms with E-state index in [1.807, 2.05) is 25.1 Å². The van der Waals surface area contributed by atoms with Gasteiger partial charge in [-0.2, -0.15) is 0 Å². The lowest BCUT2D eigenvalue weighted by molar-refractivity contribution is -0.106. The van der Waals surface area contributed by atoms with E-state index in [1.165, 1.54) is 0 Å². The number of pyridine rings is 1. The average molecular weight is 328 g/mol. The van der Waals surface area contributed by atoms with E-state index in [-0.39, 0.29) is 11.7 Å². The first-order valence-corrected chi connectivity index (χ1v) is 8.15. The third-order valence-corrected chi connectivity index (χ3v) is 3.94. The van der Waals surface area contributed by atoms with E-state index in [9.17, 15) is 0 Å². The second-order valence-corrected chi connectivity index (χ2v) is 6.76. The van der Waals surface area contributed by atoms with Crippen LogP contribution in [0.3, 0.4) is 0 Å². The predicted octanol–water partition coefficient (Wildman–Crippen LogP) is 2.48. The van der Waals surface area contributed by atoms with Gasteiger partial charge in [-0.05, 0) is 32.9 Å². The minimum atomic E-state index is -0.253. The largest absolute Gasteiger partial charge is 0.382 e. The van der Waals surface area contributed by atoms with Gasteiger partial charge in [0.1, 0.15) is 5.82 Å². The molecule has 1 saturated heterocycles. The van der Waals surface area contributed by atoms with Crippen molar-refractivity contribution in [3.05, 3.63) is 36.3 Å². The molecule has 0 spiro atoms. The zero-order valence-corrected chi connectivity index (χ0v) is 14.7. The van der Waals surface area contributed by atoms with Crippen molar-refractivity contribution in [1.82, 2.24) is 15.0 Å². The number of methoxy groups -OCH3 is 1. The van der Waals surface area contributed by atoms with Crippen molar-refractivity contribution in [3.63, 3.8) is 0 Å². The Kier molecular flexibility index (Phi) is 4.78. The van der Waals surface area contributed by atoms with E-state index in [4.69, 9.17) is 14.5 Å². The molecule has 2 aromatic rings. The minimum Gasteiger partial charge on any atom is -0.382 e. The number of hydrogen-bond acceptors (Lipinski definition) is 6. The van der Waals surface area contributed by atoms with Gasteiger partial charge >= 0.3 is 0 Å². The number of hydrogen-bond donors (Lipinski definition) is 0. The number of morpholine rings is 1. The summed E-state index contributed by atoms with van der Waals surface area (Å²) in [6.07, 6.45) is 3.54. The summed E-state index contributed by atoms with van der Waals surface area (Å²) in [7, 11) is 1.70. The quantitative estimate of drug-likeness (QED) is 0.859. The van der Waals surface area contributed by atoms with Crippen LogP contribution >= 0.6 is 0 Å². The van der Waals surface area contributed by atoms with Crippen LogP contribution in [-0.4, -0.2) is 53.5 Å². The second-order valence-electron chi connectivity index (χ2n) is 6.76. The SMILES string of the molecule is COCC1CN(c2cc(C)nc(-c3ccncc3)n2)CC(C)(C)O1. The Bertz CT molecular complexity index is 691. The summed E-state index contributed by atoms with van der Waals surface area (Å²) in [6.45, 7) is 8.29. The van der Waals surface area contributed by atoms with Crippen molar-refractivity contribution in [2.45, 2.75) is 32.5 Å². The Morgan fingerprint density at radius 1 is 1.29 bits per heavy atom. The number of nitrogens with zero attached hydrogens (tertiary/aromatic N) is 4. The lowest BCUT2D eigenvalue weighted by Crippen LogP contribution is -2.54. The number of rotatable bonds is 4. The van der Waals surface area contributed by atoms with Crippen molar-refractivity contribution >= 4 is 5.82 Å². The molecule has 6 nitrogen and oxygen atoms in total. The highest BCUT2D eigenvalue weighted by Gasteiger charge is 2.34. The smallest absolute Gasteiger partial charge is 0.161 e. The highest BCUT2D eigenvalue weighted by Crippen LogP contribution is 2.27. The van der Waals surface area contributed by atoms with Crippen LogP contribution in [0.1, 0.15) is 19.5 Å². The van der Waals surface area contributed by atoms with Crippen LogP contribution in [0.4, 0.5) is 5.82 Å². The molecule has 1 aliphatic heterocycles. The molecule has 3 heterocycles. The first kappa shape index (κ1) is 16.8. The van der Waals surface area contributed by atoms with Crippen molar-refractivity contribution in [2.75, 3.05) is 31.7 Å². The van der Waals surface area contributed by atoms with Crippen LogP contribution in [0.25, 0.3) is 11.4 Å². The van der Waals surface area contributed by atoms with Crippen molar-refractivity contribution in [3.8, 4) is 11.4 Å². The summed E-state index contributed by atoms with van der Waals surface area (Å²) in [5.41, 5.74) is 1.66. The van der Waals surface area contributed by atoms with Crippen molar-refractivity contribution in [1.29, 1.82) is 0 Å². The fourth-order valence-corrected chi connectivity index (χ4v) is 3.09. The number of aromatic nitrogens is 3. The maximum atomic E-state index is 6.09. The molecular formula is C18H24N4O2. The molecule has 1 unspecified atom stereocenters. The van der Waals surface area contributed by atoms with E-state index < -0.39 is 0 Å². The Labute approximate surface area is 142 Å². The topological polar surface area (TPSA) is 60.4 Å². The van der Waals surface area contributed by atoms with E-state index in [2.05, 4.69) is 28.7 Å². The predicted molar refractivity (Wildman–Crippen MR) is 93.0 cm³/mol. The Morgan fingerprint density at radius 2 is 2.04 bits per heavy atom. The highest BCUT2D eigenvalue weighted by molar-refractivity contribution is 5.57. The molecule has 0 aromatic carbocycles. The molecule has 0 radical (unpaired) electrons. The zero-order valence-electron chi connectivity index (χ0n) is 14.7. The fourth-order valence-electron chi connectivity index (χ4n) is 3.09. The van der Waals surface area contributed by atoms with Crippen molar-refractivity contribution in [2.24, 2.45) is 0 Å². The lowest BCUT2D eigenvalue weighted by atomic mass is 10.1. The average Bonchev–Trinajstić information content (AvgIpc) is 2.54. The van der Waals surface area contributed by atoms with Gasteiger partial charge in [0.25, 0.3) is 0 Å². The molecule has 1 atom stereocenters. The monoisotopic (exact) mass is 328 g/mol. The van der Waals surface area contributed by atoms with Gasteiger partial charge in [-0.1, -0.05) is 0 Å². The minimum absolute atomic E-state index is 0.0263. The van der Waals surface area contributed by atoms with Crippen LogP contribution < -0.4 is 4.90 Å². The first-order valence-electron chi connectivity index (χ1n) is 8.15. The van der Waals surface area contributed by atoms with Gasteiger partial charge in [0.05, 0.1) is 18.3 Å². The van der Waals surface area contributed by atoms with Gasteiger partial charge in [-0.25, -0.2) is 9.97 Å². The Morgan fingerprint density at radius 3 is 2.75 bits per heavy atom. The van der Waals surface area contributed by atoms with E-state index in [1.54, 1.807) is 19.5 Å². The zero-order chi connectivity index (χ0) is 17.2. The highest BCUT2D eigenvalue weighted by atomic mass is 16.5. The van der Waals surface area contributed by atoms with Gasteiger partial charge < -0.3 is 14.4 Å². The molecule has 0 amide bonds. The molecule has 0 saturated carbocycles. The molecule has 1 fully saturated rings. The van der Waals surface area contributed by atoms with Gasteiger partial charge in [-0.3, -0.25) is 4.98 Å². The van der Waals surface area contributed by atoms with Gasteiger partial charge in [0.2, 0.25) is 0 Å². The first-order chi connectivity index (χ1) is 11.5. The molecule has 2 aromatic heterocycles. The van der Waals surface area contributed by atoms with Gasteiger partial charge in [0, 0.05) is 49.9 Å². The fraction of sp³-hybridized carbons (Fsp3) is 0.500. The summed E-state index contributed by atoms with van der Waals surface area (Å²) in [5.74, 6) is 1.65. The molecule has 6 heteroatoms. The van der Waals surface area contributed by atoms with Crippen LogP contribution in [0, 0.1) is 6.92 Å². The van der Waals surface area contributed by atoms with E-state index >= 15 is 0 Å². The molecular weight excluding hydrogens is 304 g/mol. The second kappa shape index (κ2) is 6.83. The molecule has 128 valence electrons. The van der Waals surface area contributed by atoms with Crippen LogP contribution in [0.2, 0.25) is 0 Å². The maximum Gasteiger partial charge on any atom is 0.161 e. The van der Waals surface area contributed by atoms with E-state index in [0.29, 0.717) is 6.61 Å². The molecule has 0 aliphatic carbocycles. The third-order valence-electron chi connectivity index (χ3n) is 3.94. The van der Waals surface area contributed by atoms with Crippen LogP contribution in [-0.2, 0) is 9.47 Å². The normalized spacial score (nSPS) is 20.2. The van der Waals surface area contributed by atoms with Crippen LogP contribution in [0.5, 0.6) is 0 Å². The maximum absolute atomic E-state index is 6.09. The molecule has 0 N–H and O–H groups in total. The third kappa shape index (κ3) is 3.88. The summed E-state index contributed by atoms with van der Waals surface area (Å²) < 4.78 is 11.4. The Balaban J connectivity index is 1.92. The summed E-state index contributed by atoms with van der Waals surface area (Å²) in [5, 5.41) is 0. The van der Waals surface area contributed by atoms with Gasteiger partial charge in [0.15, 0.2) is 5.82 Å². The lowest BCUT2D eigenvalue weighted by Gasteiger charge is -2.43. The molecule has 1 aliphatic rings. The summed E-state index contributed by atoms with van der Waals surface area (Å²) in [4.78, 5) is 15.7. The number of ether oxygens (including phenoxy) is 2. The summed E-state index contributed by atoms with van der Waals surface area (Å²) in [6, 6.07) is 5.88. The Hall–Kier alpha value is -2.05. The molecule has 3 rings (SSSR count). The number of aryl methyl sites for hydroxylation is 1. The molecule has 0 bridgehead atoms. The van der Waals surface area contributed by atoms with Crippen LogP contribution in [0.15, 0.2) is 30.6 Å². The standard InChI is InChI=1S/C18H24N4O2/c1-13-9-16(21-17(20-13)14-5-7-19-8-6-14)22-10-15(11-23-4)24-18(2,3)12-22/h5-9,15H,10-12H2,1-4H3. The van der Waals surface area contributed by atoms with Crippen molar-refractivity contribution < 1.29 is 9.47 Å². The van der Waals surface area contributed by atoms with E-state index in [0.717, 1.165) is 36.0 Å². The molecule has 24 heavy (non-hydrogen) atoms. The number of anilines is 1. The summed E-state index contributed by atoms with van der Waals surface area (Å²) >= 11 is 0.